The highest BCUT2D eigenvalue weighted by Gasteiger charge is 2.13. The Kier molecular flexibility index (Phi) is 4.11. The second-order valence-electron chi connectivity index (χ2n) is 6.62. The second-order valence-corrected chi connectivity index (χ2v) is 6.62. The van der Waals surface area contributed by atoms with Gasteiger partial charge >= 0.3 is 7.69 Å². The van der Waals surface area contributed by atoms with Gasteiger partial charge in [-0.1, -0.05) is 66.7 Å². The predicted molar refractivity (Wildman–Crippen MR) is 113 cm³/mol. The molecule has 0 aliphatic heterocycles. The van der Waals surface area contributed by atoms with Crippen LogP contribution in [0.2, 0.25) is 0 Å². The molecule has 0 unspecified atom stereocenters. The van der Waals surface area contributed by atoms with Gasteiger partial charge in [0.2, 0.25) is 0 Å². The van der Waals surface area contributed by atoms with Crippen LogP contribution in [0.5, 0.6) is 5.75 Å². The van der Waals surface area contributed by atoms with E-state index in [-0.39, 0.29) is 0 Å². The quantitative estimate of drug-likeness (QED) is 0.409. The molecule has 0 aliphatic rings. The van der Waals surface area contributed by atoms with Crippen molar-refractivity contribution in [2.75, 3.05) is 0 Å². The number of hydrogen-bond acceptors (Lipinski definition) is 3. The Bertz CT molecular complexity index is 1280. The summed E-state index contributed by atoms with van der Waals surface area (Å²) < 4.78 is 11.1. The second kappa shape index (κ2) is 6.91. The van der Waals surface area contributed by atoms with E-state index in [1.54, 1.807) is 6.07 Å². The Hall–Kier alpha value is -3.50. The Morgan fingerprint density at radius 1 is 0.643 bits per heavy atom. The summed E-state index contributed by atoms with van der Waals surface area (Å²) in [5, 5.41) is 10.9. The molecule has 0 saturated heterocycles. The molecule has 0 fully saturated rings. The van der Waals surface area contributed by atoms with Gasteiger partial charge in [0, 0.05) is 10.8 Å². The van der Waals surface area contributed by atoms with Crippen LogP contribution in [0.3, 0.4) is 0 Å². The van der Waals surface area contributed by atoms with Gasteiger partial charge in [-0.25, -0.2) is 0 Å². The summed E-state index contributed by atoms with van der Waals surface area (Å²) in [4.78, 5) is 0. The van der Waals surface area contributed by atoms with Crippen molar-refractivity contribution in [3.05, 3.63) is 91.0 Å². The third kappa shape index (κ3) is 2.84. The summed E-state index contributed by atoms with van der Waals surface area (Å²) in [6.45, 7) is 0. The molecular formula is C24H16BO3. The minimum Gasteiger partial charge on any atom is -0.535 e. The third-order valence-electron chi connectivity index (χ3n) is 4.94. The van der Waals surface area contributed by atoms with Gasteiger partial charge in [0.25, 0.3) is 0 Å². The largest absolute Gasteiger partial charge is 0.569 e. The molecule has 0 atom stereocenters. The molecule has 3 nitrogen and oxygen atoms in total. The first-order chi connectivity index (χ1) is 13.8. The fraction of sp³-hybridized carbons (Fsp3) is 0. The van der Waals surface area contributed by atoms with Crippen LogP contribution in [0.1, 0.15) is 0 Å². The van der Waals surface area contributed by atoms with Crippen LogP contribution in [0.4, 0.5) is 0 Å². The summed E-state index contributed by atoms with van der Waals surface area (Å²) in [5.41, 5.74) is 6.05. The van der Waals surface area contributed by atoms with Crippen LogP contribution in [-0.4, -0.2) is 12.7 Å². The summed E-state index contributed by atoms with van der Waals surface area (Å²) in [7, 11) is 0.669. The van der Waals surface area contributed by atoms with Gasteiger partial charge in [0.1, 0.15) is 11.3 Å². The van der Waals surface area contributed by atoms with E-state index in [4.69, 9.17) is 14.1 Å². The van der Waals surface area contributed by atoms with E-state index in [2.05, 4.69) is 60.7 Å². The maximum Gasteiger partial charge on any atom is 0.569 e. The first kappa shape index (κ1) is 16.7. The van der Waals surface area contributed by atoms with Crippen LogP contribution in [-0.2, 0) is 0 Å². The minimum atomic E-state index is 0.490. The van der Waals surface area contributed by atoms with Crippen LogP contribution >= 0.6 is 0 Å². The average molecular weight is 363 g/mol. The third-order valence-corrected chi connectivity index (χ3v) is 4.94. The molecule has 28 heavy (non-hydrogen) atoms. The zero-order valence-corrected chi connectivity index (χ0v) is 15.0. The van der Waals surface area contributed by atoms with Crippen molar-refractivity contribution in [1.82, 2.24) is 0 Å². The molecule has 0 amide bonds. The van der Waals surface area contributed by atoms with Crippen molar-refractivity contribution in [2.45, 2.75) is 0 Å². The van der Waals surface area contributed by atoms with Crippen LogP contribution in [0.15, 0.2) is 95.4 Å². The van der Waals surface area contributed by atoms with Gasteiger partial charge in [0.05, 0.1) is 0 Å². The van der Waals surface area contributed by atoms with Gasteiger partial charge in [-0.15, -0.1) is 0 Å². The summed E-state index contributed by atoms with van der Waals surface area (Å²) in [6, 6.07) is 30.7. The van der Waals surface area contributed by atoms with Gasteiger partial charge in [0.15, 0.2) is 5.58 Å². The standard InChI is InChI=1S/C24H16BO3/c26-25-28-23-11-5-10-20-21-15-19(12-13-22(21)27-24(20)23)18-9-4-8-17(14-18)16-6-2-1-3-7-16/h1-15,26H. The fourth-order valence-electron chi connectivity index (χ4n) is 3.61. The van der Waals surface area contributed by atoms with E-state index in [0.717, 1.165) is 27.5 Å². The summed E-state index contributed by atoms with van der Waals surface area (Å²) >= 11 is 0. The number of fused-ring (bicyclic) bond motifs is 3. The lowest BCUT2D eigenvalue weighted by molar-refractivity contribution is 0.451. The first-order valence-electron chi connectivity index (χ1n) is 9.07. The first-order valence-corrected chi connectivity index (χ1v) is 9.07. The minimum absolute atomic E-state index is 0.490. The van der Waals surface area contributed by atoms with Gasteiger partial charge in [-0.2, -0.15) is 0 Å². The SMILES string of the molecule is O[B]Oc1cccc2c1oc1ccc(-c3cccc(-c4ccccc4)c3)cc12. The fourth-order valence-corrected chi connectivity index (χ4v) is 3.61. The maximum absolute atomic E-state index is 8.98. The van der Waals surface area contributed by atoms with Crippen LogP contribution < -0.4 is 4.65 Å². The Labute approximate surface area is 163 Å². The molecule has 4 aromatic carbocycles. The molecule has 0 aliphatic carbocycles. The average Bonchev–Trinajstić information content (AvgIpc) is 3.14. The molecular weight excluding hydrogens is 347 g/mol. The van der Waals surface area contributed by atoms with E-state index in [9.17, 15) is 0 Å². The number of hydrogen-bond donors (Lipinski definition) is 1. The van der Waals surface area contributed by atoms with E-state index in [1.165, 1.54) is 11.1 Å². The van der Waals surface area contributed by atoms with Gasteiger partial charge in [-0.05, 0) is 46.5 Å². The highest BCUT2D eigenvalue weighted by molar-refractivity contribution is 6.18. The lowest BCUT2D eigenvalue weighted by atomic mass is 9.98. The zero-order chi connectivity index (χ0) is 18.9. The molecule has 4 heteroatoms. The molecule has 1 radical (unpaired) electrons. The smallest absolute Gasteiger partial charge is 0.535 e. The highest BCUT2D eigenvalue weighted by atomic mass is 16.5. The van der Waals surface area contributed by atoms with Crippen LogP contribution in [0.25, 0.3) is 44.2 Å². The zero-order valence-electron chi connectivity index (χ0n) is 15.0. The van der Waals surface area contributed by atoms with E-state index in [1.807, 2.05) is 24.3 Å². The molecule has 1 aromatic heterocycles. The number of rotatable bonds is 4. The molecule has 1 N–H and O–H groups in total. The summed E-state index contributed by atoms with van der Waals surface area (Å²) in [5.74, 6) is 0.490. The molecule has 1 heterocycles. The van der Waals surface area contributed by atoms with Gasteiger partial charge in [-0.3, -0.25) is 0 Å². The number of para-hydroxylation sites is 1. The van der Waals surface area contributed by atoms with E-state index in [0.29, 0.717) is 19.0 Å². The van der Waals surface area contributed by atoms with Crippen LogP contribution in [0, 0.1) is 0 Å². The molecule has 5 rings (SSSR count). The molecule has 0 saturated carbocycles. The molecule has 133 valence electrons. The van der Waals surface area contributed by atoms with Crippen molar-refractivity contribution in [1.29, 1.82) is 0 Å². The normalized spacial score (nSPS) is 11.0. The number of benzene rings is 4. The van der Waals surface area contributed by atoms with E-state index >= 15 is 0 Å². The molecule has 0 bridgehead atoms. The predicted octanol–water partition coefficient (Wildman–Crippen LogP) is 5.83. The Morgan fingerprint density at radius 2 is 1.36 bits per heavy atom. The van der Waals surface area contributed by atoms with E-state index < -0.39 is 0 Å². The van der Waals surface area contributed by atoms with Crippen molar-refractivity contribution in [3.63, 3.8) is 0 Å². The Morgan fingerprint density at radius 3 is 2.18 bits per heavy atom. The highest BCUT2D eigenvalue weighted by Crippen LogP contribution is 2.37. The lowest BCUT2D eigenvalue weighted by Crippen LogP contribution is -1.99. The number of furan rings is 1. The van der Waals surface area contributed by atoms with Gasteiger partial charge < -0.3 is 14.1 Å². The monoisotopic (exact) mass is 363 g/mol. The van der Waals surface area contributed by atoms with Crippen molar-refractivity contribution >= 4 is 29.6 Å². The van der Waals surface area contributed by atoms with Crippen molar-refractivity contribution in [3.8, 4) is 28.0 Å². The lowest BCUT2D eigenvalue weighted by Gasteiger charge is -2.06. The topological polar surface area (TPSA) is 42.6 Å². The molecule has 0 spiro atoms. The maximum atomic E-state index is 8.98. The summed E-state index contributed by atoms with van der Waals surface area (Å²) in [6.07, 6.45) is 0. The van der Waals surface area contributed by atoms with Crippen molar-refractivity contribution < 1.29 is 14.1 Å². The Balaban J connectivity index is 1.64. The van der Waals surface area contributed by atoms with Crippen molar-refractivity contribution in [2.24, 2.45) is 0 Å². The molecule has 5 aromatic rings.